The van der Waals surface area contributed by atoms with Gasteiger partial charge >= 0.3 is 0 Å². The van der Waals surface area contributed by atoms with Gasteiger partial charge in [-0.25, -0.2) is 0 Å². The van der Waals surface area contributed by atoms with Crippen molar-refractivity contribution in [3.05, 3.63) is 29.3 Å². The smallest absolute Gasteiger partial charge is 0.254 e. The Morgan fingerprint density at radius 2 is 1.27 bits per heavy atom. The number of anilines is 1. The summed E-state index contributed by atoms with van der Waals surface area (Å²) in [5, 5.41) is 3.09. The predicted molar refractivity (Wildman–Crippen MR) is 181 cm³/mol. The topological polar surface area (TPSA) is 92.5 Å². The minimum Gasteiger partial charge on any atom is -0.366 e. The second-order valence-electron chi connectivity index (χ2n) is 15.2. The van der Waals surface area contributed by atoms with Gasteiger partial charge in [0.25, 0.3) is 5.91 Å². The highest BCUT2D eigenvalue weighted by Gasteiger charge is 2.37. The summed E-state index contributed by atoms with van der Waals surface area (Å²) in [5.41, 5.74) is 7.01. The molecule has 3 N–H and O–H groups in total. The number of carbonyl (C=O) groups excluding carboxylic acids is 3. The maximum Gasteiger partial charge on any atom is 0.254 e. The fraction of sp³-hybridized carbons (Fsp3) is 0.763. The van der Waals surface area contributed by atoms with Crippen LogP contribution < -0.4 is 11.1 Å². The number of hydrogen-bond donors (Lipinski definition) is 2. The average Bonchev–Trinajstić information content (AvgIpc) is 3.02. The third-order valence-corrected chi connectivity index (χ3v) is 11.6. The van der Waals surface area contributed by atoms with Gasteiger partial charge in [0.1, 0.15) is 0 Å². The largest absolute Gasteiger partial charge is 0.366 e. The van der Waals surface area contributed by atoms with Crippen molar-refractivity contribution in [3.63, 3.8) is 0 Å². The Morgan fingerprint density at radius 3 is 1.75 bits per heavy atom. The van der Waals surface area contributed by atoms with Crippen molar-refractivity contribution in [2.45, 2.75) is 149 Å². The van der Waals surface area contributed by atoms with Crippen LogP contribution in [0.15, 0.2) is 18.2 Å². The number of benzene rings is 1. The van der Waals surface area contributed by atoms with E-state index in [4.69, 9.17) is 5.73 Å². The van der Waals surface area contributed by atoms with Gasteiger partial charge < -0.3 is 16.0 Å². The zero-order chi connectivity index (χ0) is 31.8. The SMILES string of the molecule is CCCCCC1CCC(C(=O)Nc2cc(C(N)=O)cc(C(=O)N([C@H]3CC[C@@H](C(C)C)CC3)[C@H]3CC[C@@H](C(C)C)CC3)c2)CC1. The van der Waals surface area contributed by atoms with Gasteiger partial charge in [-0.2, -0.15) is 0 Å². The first-order valence-corrected chi connectivity index (χ1v) is 18.2. The average molecular weight is 608 g/mol. The van der Waals surface area contributed by atoms with Crippen LogP contribution in [0, 0.1) is 35.5 Å². The second-order valence-corrected chi connectivity index (χ2v) is 15.2. The molecule has 3 fully saturated rings. The number of hydrogen-bond acceptors (Lipinski definition) is 3. The summed E-state index contributed by atoms with van der Waals surface area (Å²) in [4.78, 5) is 42.5. The Morgan fingerprint density at radius 1 is 0.750 bits per heavy atom. The van der Waals surface area contributed by atoms with E-state index in [1.165, 1.54) is 25.7 Å². The van der Waals surface area contributed by atoms with E-state index >= 15 is 0 Å². The lowest BCUT2D eigenvalue weighted by molar-refractivity contribution is -0.121. The van der Waals surface area contributed by atoms with Crippen molar-refractivity contribution < 1.29 is 14.4 Å². The van der Waals surface area contributed by atoms with Crippen molar-refractivity contribution in [2.75, 3.05) is 5.32 Å². The molecule has 1 aromatic rings. The number of carbonyl (C=O) groups is 3. The maximum absolute atomic E-state index is 14.5. The Labute approximate surface area is 267 Å². The summed E-state index contributed by atoms with van der Waals surface area (Å²) in [6, 6.07) is 5.49. The highest BCUT2D eigenvalue weighted by molar-refractivity contribution is 6.02. The van der Waals surface area contributed by atoms with Gasteiger partial charge in [-0.3, -0.25) is 14.4 Å². The number of nitrogens with one attached hydrogen (secondary N) is 1. The van der Waals surface area contributed by atoms with Crippen LogP contribution in [-0.2, 0) is 4.79 Å². The summed E-state index contributed by atoms with van der Waals surface area (Å²) >= 11 is 0. The fourth-order valence-electron chi connectivity index (χ4n) is 8.48. The van der Waals surface area contributed by atoms with E-state index in [-0.39, 0.29) is 35.4 Å². The van der Waals surface area contributed by atoms with E-state index in [1.807, 2.05) is 0 Å². The minimum atomic E-state index is -0.579. The molecule has 0 radical (unpaired) electrons. The third-order valence-electron chi connectivity index (χ3n) is 11.6. The molecule has 6 nitrogen and oxygen atoms in total. The highest BCUT2D eigenvalue weighted by atomic mass is 16.2. The molecule has 44 heavy (non-hydrogen) atoms. The lowest BCUT2D eigenvalue weighted by Gasteiger charge is -2.45. The molecule has 0 unspecified atom stereocenters. The standard InChI is InChI=1S/C38H61N3O3/c1-6-7-8-9-27-10-12-30(13-11-27)37(43)40-33-23-31(36(39)42)22-32(24-33)38(44)41(34-18-14-28(15-19-34)25(2)3)35-20-16-29(17-21-35)26(4)5/h22-30,34-35H,6-21H2,1-5H3,(H2,39,42)(H,40,43)/t27?,28-,29-,30?,34+,35+. The van der Waals surface area contributed by atoms with E-state index < -0.39 is 5.91 Å². The van der Waals surface area contributed by atoms with E-state index in [1.54, 1.807) is 18.2 Å². The molecular formula is C38H61N3O3. The van der Waals surface area contributed by atoms with Crippen LogP contribution in [-0.4, -0.2) is 34.7 Å². The Balaban J connectivity index is 1.51. The number of unbranched alkanes of at least 4 members (excludes halogenated alkanes) is 2. The van der Waals surface area contributed by atoms with Crippen LogP contribution in [0.4, 0.5) is 5.69 Å². The van der Waals surface area contributed by atoms with Crippen molar-refractivity contribution in [2.24, 2.45) is 41.2 Å². The van der Waals surface area contributed by atoms with Crippen molar-refractivity contribution >= 4 is 23.4 Å². The van der Waals surface area contributed by atoms with Gasteiger partial charge in [0.2, 0.25) is 11.8 Å². The summed E-state index contributed by atoms with van der Waals surface area (Å²) in [6.45, 7) is 11.5. The van der Waals surface area contributed by atoms with Gasteiger partial charge in [0.05, 0.1) is 0 Å². The monoisotopic (exact) mass is 607 g/mol. The van der Waals surface area contributed by atoms with Gasteiger partial charge in [-0.15, -0.1) is 0 Å². The Bertz CT molecular complexity index is 1060. The molecule has 0 aliphatic heterocycles. The van der Waals surface area contributed by atoms with Gasteiger partial charge in [0.15, 0.2) is 0 Å². The van der Waals surface area contributed by atoms with Crippen LogP contribution in [0.5, 0.6) is 0 Å². The molecular weight excluding hydrogens is 546 g/mol. The predicted octanol–water partition coefficient (Wildman–Crippen LogP) is 8.98. The zero-order valence-electron chi connectivity index (χ0n) is 28.4. The molecule has 3 aliphatic carbocycles. The first-order chi connectivity index (χ1) is 21.1. The van der Waals surface area contributed by atoms with Crippen LogP contribution in [0.25, 0.3) is 0 Å². The molecule has 3 saturated carbocycles. The number of nitrogens with two attached hydrogens (primary N) is 1. The van der Waals surface area contributed by atoms with Crippen molar-refractivity contribution in [1.29, 1.82) is 0 Å². The molecule has 0 saturated heterocycles. The van der Waals surface area contributed by atoms with Crippen LogP contribution in [0.2, 0.25) is 0 Å². The Kier molecular flexibility index (Phi) is 12.8. The van der Waals surface area contributed by atoms with Crippen LogP contribution in [0.1, 0.15) is 158 Å². The lowest BCUT2D eigenvalue weighted by Crippen LogP contribution is -2.50. The maximum atomic E-state index is 14.5. The van der Waals surface area contributed by atoms with Crippen LogP contribution in [0.3, 0.4) is 0 Å². The zero-order valence-corrected chi connectivity index (χ0v) is 28.4. The third kappa shape index (κ3) is 9.10. The lowest BCUT2D eigenvalue weighted by atomic mass is 9.76. The molecule has 0 atom stereocenters. The molecule has 246 valence electrons. The highest BCUT2D eigenvalue weighted by Crippen LogP contribution is 2.39. The van der Waals surface area contributed by atoms with Gasteiger partial charge in [-0.1, -0.05) is 60.3 Å². The van der Waals surface area contributed by atoms with Gasteiger partial charge in [0, 0.05) is 34.8 Å². The summed E-state index contributed by atoms with van der Waals surface area (Å²) < 4.78 is 0. The summed E-state index contributed by atoms with van der Waals surface area (Å²) in [5.74, 6) is 2.85. The quantitative estimate of drug-likeness (QED) is 0.232. The number of rotatable bonds is 12. The molecule has 1 aromatic carbocycles. The van der Waals surface area contributed by atoms with Crippen molar-refractivity contribution in [1.82, 2.24) is 4.90 Å². The molecule has 0 aromatic heterocycles. The molecule has 3 aliphatic rings. The van der Waals surface area contributed by atoms with E-state index in [9.17, 15) is 14.4 Å². The second kappa shape index (κ2) is 16.3. The normalized spacial score (nSPS) is 27.7. The molecule has 0 bridgehead atoms. The molecule has 0 spiro atoms. The Hall–Kier alpha value is -2.37. The first kappa shape index (κ1) is 34.5. The molecule has 4 rings (SSSR count). The van der Waals surface area contributed by atoms with E-state index in [0.717, 1.165) is 83.0 Å². The van der Waals surface area contributed by atoms with Gasteiger partial charge in [-0.05, 0) is 125 Å². The summed E-state index contributed by atoms with van der Waals surface area (Å²) in [6.07, 6.45) is 17.8. The molecule has 0 heterocycles. The van der Waals surface area contributed by atoms with E-state index in [2.05, 4.69) is 44.8 Å². The van der Waals surface area contributed by atoms with E-state index in [0.29, 0.717) is 34.9 Å². The number of primary amides is 1. The van der Waals surface area contributed by atoms with Crippen LogP contribution >= 0.6 is 0 Å². The summed E-state index contributed by atoms with van der Waals surface area (Å²) in [7, 11) is 0. The first-order valence-electron chi connectivity index (χ1n) is 18.2. The molecule has 3 amide bonds. The number of amides is 3. The number of nitrogens with zero attached hydrogens (tertiary/aromatic N) is 1. The molecule has 6 heteroatoms. The van der Waals surface area contributed by atoms with Crippen molar-refractivity contribution in [3.8, 4) is 0 Å². The fourth-order valence-corrected chi connectivity index (χ4v) is 8.48. The minimum absolute atomic E-state index is 0.00657.